The first-order valence-corrected chi connectivity index (χ1v) is 7.01. The van der Waals surface area contributed by atoms with E-state index in [0.717, 1.165) is 4.57 Å². The molecule has 3 aromatic rings. The van der Waals surface area contributed by atoms with Gasteiger partial charge < -0.3 is 0 Å². The third-order valence-corrected chi connectivity index (χ3v) is 3.48. The number of aromatic nitrogens is 2. The van der Waals surface area contributed by atoms with Gasteiger partial charge in [0, 0.05) is 0 Å². The van der Waals surface area contributed by atoms with Gasteiger partial charge in [-0.2, -0.15) is 19.3 Å². The van der Waals surface area contributed by atoms with Gasteiger partial charge in [0.25, 0.3) is 0 Å². The highest BCUT2D eigenvalue weighted by molar-refractivity contribution is 5.91. The summed E-state index contributed by atoms with van der Waals surface area (Å²) in [6.45, 7) is -2.82. The molecule has 1 heterocycles. The lowest BCUT2D eigenvalue weighted by Crippen LogP contribution is -2.03. The van der Waals surface area contributed by atoms with E-state index in [2.05, 4.69) is 4.98 Å². The number of hydrogen-bond acceptors (Lipinski definition) is 3. The normalized spacial score (nSPS) is 11.5. The van der Waals surface area contributed by atoms with Gasteiger partial charge in [0.05, 0.1) is 28.2 Å². The Morgan fingerprint density at radius 2 is 1.92 bits per heavy atom. The summed E-state index contributed by atoms with van der Waals surface area (Å²) in [6.07, 6.45) is 1.45. The highest BCUT2D eigenvalue weighted by Crippen LogP contribution is 2.28. The molecule has 0 unspecified atom stereocenters. The fourth-order valence-corrected chi connectivity index (χ4v) is 2.44. The monoisotopic (exact) mass is 320 g/mol. The Balaban J connectivity index is 2.20. The number of alkyl halides is 2. The van der Waals surface area contributed by atoms with Crippen molar-refractivity contribution in [3.8, 4) is 12.1 Å². The van der Waals surface area contributed by atoms with Gasteiger partial charge in [-0.25, -0.2) is 4.98 Å². The minimum absolute atomic E-state index is 0.00147. The van der Waals surface area contributed by atoms with Gasteiger partial charge >= 0.3 is 6.55 Å². The Morgan fingerprint density at radius 1 is 1.12 bits per heavy atom. The van der Waals surface area contributed by atoms with Gasteiger partial charge in [-0.15, -0.1) is 0 Å². The van der Waals surface area contributed by atoms with Crippen LogP contribution in [0.2, 0.25) is 0 Å². The predicted molar refractivity (Wildman–Crippen MR) is 85.6 cm³/mol. The van der Waals surface area contributed by atoms with Crippen LogP contribution in [0.25, 0.3) is 22.7 Å². The van der Waals surface area contributed by atoms with E-state index in [1.54, 1.807) is 42.5 Å². The summed E-state index contributed by atoms with van der Waals surface area (Å²) in [6, 6.07) is 16.9. The first-order chi connectivity index (χ1) is 11.6. The van der Waals surface area contributed by atoms with Crippen LogP contribution in [0.3, 0.4) is 0 Å². The van der Waals surface area contributed by atoms with Crippen molar-refractivity contribution in [1.82, 2.24) is 9.55 Å². The largest absolute Gasteiger partial charge is 0.320 e. The second kappa shape index (κ2) is 6.31. The smallest absolute Gasteiger partial charge is 0.266 e. The molecule has 6 heteroatoms. The lowest BCUT2D eigenvalue weighted by atomic mass is 10.1. The molecule has 0 aliphatic rings. The third-order valence-electron chi connectivity index (χ3n) is 3.48. The molecular formula is C18H10F2N4. The number of rotatable bonds is 3. The lowest BCUT2D eigenvalue weighted by Gasteiger charge is -2.07. The first kappa shape index (κ1) is 15.4. The molecule has 0 atom stereocenters. The molecule has 0 aliphatic carbocycles. The molecule has 0 saturated carbocycles. The second-order valence-corrected chi connectivity index (χ2v) is 4.98. The minimum Gasteiger partial charge on any atom is -0.266 e. The van der Waals surface area contributed by atoms with Gasteiger partial charge in [-0.05, 0) is 35.9 Å². The van der Waals surface area contributed by atoms with Crippen LogP contribution in [-0.4, -0.2) is 9.55 Å². The zero-order valence-electron chi connectivity index (χ0n) is 12.3. The molecule has 116 valence electrons. The maximum absolute atomic E-state index is 13.5. The van der Waals surface area contributed by atoms with E-state index in [9.17, 15) is 14.0 Å². The number of fused-ring (bicyclic) bond motifs is 1. The van der Waals surface area contributed by atoms with E-state index in [-0.39, 0.29) is 16.9 Å². The average Bonchev–Trinajstić information content (AvgIpc) is 2.99. The second-order valence-electron chi connectivity index (χ2n) is 4.98. The van der Waals surface area contributed by atoms with Crippen molar-refractivity contribution in [3.05, 3.63) is 65.5 Å². The number of hydrogen-bond donors (Lipinski definition) is 0. The predicted octanol–water partition coefficient (Wildman–Crippen LogP) is 4.37. The Kier molecular flexibility index (Phi) is 4.05. The van der Waals surface area contributed by atoms with Crippen molar-refractivity contribution in [2.75, 3.05) is 0 Å². The van der Waals surface area contributed by atoms with E-state index in [1.807, 2.05) is 12.1 Å². The summed E-state index contributed by atoms with van der Waals surface area (Å²) in [5.74, 6) is -0.101. The molecule has 24 heavy (non-hydrogen) atoms. The van der Waals surface area contributed by atoms with Crippen molar-refractivity contribution in [2.45, 2.75) is 6.55 Å². The number of benzene rings is 2. The van der Waals surface area contributed by atoms with E-state index in [0.29, 0.717) is 16.6 Å². The summed E-state index contributed by atoms with van der Waals surface area (Å²) in [5.41, 5.74) is 1.64. The van der Waals surface area contributed by atoms with Crippen molar-refractivity contribution < 1.29 is 8.78 Å². The number of para-hydroxylation sites is 2. The lowest BCUT2D eigenvalue weighted by molar-refractivity contribution is 0.0738. The zero-order chi connectivity index (χ0) is 17.1. The fourth-order valence-electron chi connectivity index (χ4n) is 2.44. The molecular weight excluding hydrogens is 310 g/mol. The van der Waals surface area contributed by atoms with Gasteiger partial charge in [0.15, 0.2) is 5.82 Å². The van der Waals surface area contributed by atoms with Crippen LogP contribution in [0.4, 0.5) is 8.78 Å². The summed E-state index contributed by atoms with van der Waals surface area (Å²) >= 11 is 0. The van der Waals surface area contributed by atoms with Crippen molar-refractivity contribution in [1.29, 1.82) is 10.5 Å². The van der Waals surface area contributed by atoms with Crippen LogP contribution in [0, 0.1) is 22.7 Å². The Hall–Kier alpha value is -3.51. The molecule has 2 aromatic carbocycles. The Labute approximate surface area is 136 Å². The number of halogens is 2. The summed E-state index contributed by atoms with van der Waals surface area (Å²) in [4.78, 5) is 4.17. The SMILES string of the molecule is N#C/C(=C/c1cccc(C#N)c1)c1nc2ccccc2n1C(F)F. The number of allylic oxidation sites excluding steroid dienone is 1. The molecule has 0 amide bonds. The van der Waals surface area contributed by atoms with Crippen molar-refractivity contribution >= 4 is 22.7 Å². The third kappa shape index (κ3) is 2.73. The maximum Gasteiger partial charge on any atom is 0.320 e. The van der Waals surface area contributed by atoms with Gasteiger partial charge in [0.1, 0.15) is 6.07 Å². The first-order valence-electron chi connectivity index (χ1n) is 7.01. The van der Waals surface area contributed by atoms with Crippen molar-refractivity contribution in [2.24, 2.45) is 0 Å². The standard InChI is InChI=1S/C18H10F2N4/c19-18(20)24-16-7-2-1-6-15(16)23-17(24)14(11-22)9-12-4-3-5-13(8-12)10-21/h1-9,18H/b14-9-. The van der Waals surface area contributed by atoms with Gasteiger partial charge in [-0.1, -0.05) is 24.3 Å². The molecule has 0 bridgehead atoms. The quantitative estimate of drug-likeness (QED) is 0.673. The summed E-state index contributed by atoms with van der Waals surface area (Å²) in [5, 5.41) is 18.3. The van der Waals surface area contributed by atoms with E-state index < -0.39 is 6.55 Å². The van der Waals surface area contributed by atoms with Crippen molar-refractivity contribution in [3.63, 3.8) is 0 Å². The topological polar surface area (TPSA) is 65.4 Å². The van der Waals surface area contributed by atoms with Crippen LogP contribution in [0.5, 0.6) is 0 Å². The number of imidazole rings is 1. The molecule has 0 radical (unpaired) electrons. The van der Waals surface area contributed by atoms with E-state index >= 15 is 0 Å². The number of nitriles is 2. The van der Waals surface area contributed by atoms with Crippen LogP contribution in [0.1, 0.15) is 23.5 Å². The Morgan fingerprint density at radius 3 is 2.62 bits per heavy atom. The maximum atomic E-state index is 13.5. The van der Waals surface area contributed by atoms with Crippen LogP contribution >= 0.6 is 0 Å². The molecule has 4 nitrogen and oxygen atoms in total. The fraction of sp³-hybridized carbons (Fsp3) is 0.0556. The van der Waals surface area contributed by atoms with Gasteiger partial charge in [0.2, 0.25) is 0 Å². The molecule has 3 rings (SSSR count). The molecule has 0 saturated heterocycles. The van der Waals surface area contributed by atoms with Crippen LogP contribution in [0.15, 0.2) is 48.5 Å². The minimum atomic E-state index is -2.82. The molecule has 0 spiro atoms. The Bertz CT molecular complexity index is 1020. The molecule has 0 N–H and O–H groups in total. The summed E-state index contributed by atoms with van der Waals surface area (Å²) in [7, 11) is 0. The van der Waals surface area contributed by atoms with Crippen LogP contribution < -0.4 is 0 Å². The molecule has 0 aliphatic heterocycles. The number of nitrogens with zero attached hydrogens (tertiary/aromatic N) is 4. The van der Waals surface area contributed by atoms with Crippen LogP contribution in [-0.2, 0) is 0 Å². The molecule has 0 fully saturated rings. The summed E-state index contributed by atoms with van der Waals surface area (Å²) < 4.78 is 27.7. The highest BCUT2D eigenvalue weighted by atomic mass is 19.3. The van der Waals surface area contributed by atoms with Gasteiger partial charge in [-0.3, -0.25) is 4.57 Å². The zero-order valence-corrected chi connectivity index (χ0v) is 12.3. The van der Waals surface area contributed by atoms with E-state index in [4.69, 9.17) is 5.26 Å². The highest BCUT2D eigenvalue weighted by Gasteiger charge is 2.20. The molecule has 1 aromatic heterocycles. The average molecular weight is 320 g/mol. The van der Waals surface area contributed by atoms with E-state index in [1.165, 1.54) is 12.1 Å².